The van der Waals surface area contributed by atoms with Crippen molar-refractivity contribution in [3.8, 4) is 5.75 Å². The van der Waals surface area contributed by atoms with Crippen molar-refractivity contribution >= 4 is 23.2 Å². The number of thiophene rings is 1. The largest absolute Gasteiger partial charge is 0.491 e. The van der Waals surface area contributed by atoms with Crippen LogP contribution in [0.1, 0.15) is 32.4 Å². The second-order valence-corrected chi connectivity index (χ2v) is 9.48. The average molecular weight is 497 g/mol. The molecule has 4 rings (SSSR count). The second-order valence-electron chi connectivity index (χ2n) is 8.48. The lowest BCUT2D eigenvalue weighted by Crippen LogP contribution is -2.48. The van der Waals surface area contributed by atoms with Gasteiger partial charge in [-0.25, -0.2) is 4.39 Å². The number of hydrogen-bond acceptors (Lipinski definition) is 5. The summed E-state index contributed by atoms with van der Waals surface area (Å²) in [6.45, 7) is 3.09. The van der Waals surface area contributed by atoms with Gasteiger partial charge in [-0.1, -0.05) is 29.8 Å². The minimum atomic E-state index is -0.613. The predicted octanol–water partition coefficient (Wildman–Crippen LogP) is 4.49. The average Bonchev–Trinajstić information content (AvgIpc) is 3.35. The number of carbonyl (C=O) groups excluding carboxylic acids is 2. The molecule has 0 fully saturated rings. The molecule has 1 unspecified atom stereocenters. The van der Waals surface area contributed by atoms with Gasteiger partial charge in [0, 0.05) is 25.1 Å². The van der Waals surface area contributed by atoms with Gasteiger partial charge in [0.05, 0.1) is 18.2 Å². The van der Waals surface area contributed by atoms with E-state index < -0.39 is 11.7 Å². The molecule has 35 heavy (non-hydrogen) atoms. The quantitative estimate of drug-likeness (QED) is 0.438. The fraction of sp³-hybridized carbons (Fsp3) is 0.333. The number of benzene rings is 2. The molecular weight excluding hydrogens is 467 g/mol. The summed E-state index contributed by atoms with van der Waals surface area (Å²) in [6, 6.07) is 15.4. The first-order valence-electron chi connectivity index (χ1n) is 11.6. The number of carbonyl (C=O) groups is 2. The Bertz CT molecular complexity index is 1160. The van der Waals surface area contributed by atoms with Gasteiger partial charge in [-0.05, 0) is 54.6 Å². The first-order valence-corrected chi connectivity index (χ1v) is 12.4. The lowest BCUT2D eigenvalue weighted by Gasteiger charge is -2.37. The molecule has 0 spiro atoms. The molecule has 0 N–H and O–H groups in total. The third kappa shape index (κ3) is 5.89. The molecule has 2 aromatic carbocycles. The zero-order chi connectivity index (χ0) is 24.8. The van der Waals surface area contributed by atoms with Crippen LogP contribution >= 0.6 is 11.3 Å². The highest BCUT2D eigenvalue weighted by Crippen LogP contribution is 2.34. The third-order valence-electron chi connectivity index (χ3n) is 6.13. The number of amides is 2. The molecule has 0 bridgehead atoms. The molecule has 1 aromatic heterocycles. The van der Waals surface area contributed by atoms with Crippen LogP contribution in [0.2, 0.25) is 0 Å². The van der Waals surface area contributed by atoms with Gasteiger partial charge in [-0.3, -0.25) is 9.59 Å². The van der Waals surface area contributed by atoms with Crippen molar-refractivity contribution in [1.82, 2.24) is 9.80 Å². The van der Waals surface area contributed by atoms with Crippen molar-refractivity contribution in [3.63, 3.8) is 0 Å². The second kappa shape index (κ2) is 11.5. The highest BCUT2D eigenvalue weighted by atomic mass is 32.1. The van der Waals surface area contributed by atoms with E-state index in [1.807, 2.05) is 42.6 Å². The van der Waals surface area contributed by atoms with Gasteiger partial charge in [-0.15, -0.1) is 11.3 Å². The summed E-state index contributed by atoms with van der Waals surface area (Å²) in [6.07, 6.45) is 0.749. The zero-order valence-electron chi connectivity index (χ0n) is 19.9. The van der Waals surface area contributed by atoms with Crippen molar-refractivity contribution in [3.05, 3.63) is 87.4 Å². The Morgan fingerprint density at radius 3 is 2.66 bits per heavy atom. The fourth-order valence-corrected chi connectivity index (χ4v) is 5.13. The third-order valence-corrected chi connectivity index (χ3v) is 7.12. The topological polar surface area (TPSA) is 59.1 Å². The Labute approximate surface area is 208 Å². The summed E-state index contributed by atoms with van der Waals surface area (Å²) >= 11 is 1.68. The lowest BCUT2D eigenvalue weighted by molar-refractivity contribution is -0.135. The smallest absolute Gasteiger partial charge is 0.257 e. The van der Waals surface area contributed by atoms with E-state index >= 15 is 0 Å². The van der Waals surface area contributed by atoms with Gasteiger partial charge >= 0.3 is 0 Å². The number of methoxy groups -OCH3 is 1. The summed E-state index contributed by atoms with van der Waals surface area (Å²) in [5.74, 6) is -0.617. The number of ether oxygens (including phenoxy) is 2. The van der Waals surface area contributed by atoms with Crippen LogP contribution in [0.5, 0.6) is 5.75 Å². The molecule has 3 aromatic rings. The van der Waals surface area contributed by atoms with Crippen molar-refractivity contribution in [1.29, 1.82) is 0 Å². The van der Waals surface area contributed by atoms with Gasteiger partial charge in [0.15, 0.2) is 0 Å². The minimum absolute atomic E-state index is 0.0607. The normalized spacial score (nSPS) is 14.9. The molecule has 1 atom stereocenters. The molecule has 184 valence electrons. The standard InChI is InChI=1S/C27H29FN2O4S/c1-19-7-9-20(10-8-19)34-18-24-22-12-16-35-25(22)11-13-30(24)26(31)17-29(14-15-33-2)27(32)21-5-3-4-6-23(21)28/h3-10,12,16,24H,11,13-15,17-18H2,1-2H3. The van der Waals surface area contributed by atoms with E-state index in [1.165, 1.54) is 35.1 Å². The van der Waals surface area contributed by atoms with E-state index in [-0.39, 0.29) is 37.2 Å². The van der Waals surface area contributed by atoms with Gasteiger partial charge < -0.3 is 19.3 Å². The Morgan fingerprint density at radius 2 is 1.91 bits per heavy atom. The van der Waals surface area contributed by atoms with E-state index in [2.05, 4.69) is 0 Å². The number of nitrogens with zero attached hydrogens (tertiary/aromatic N) is 2. The van der Waals surface area contributed by atoms with Crippen LogP contribution in [0.3, 0.4) is 0 Å². The first-order chi connectivity index (χ1) is 17.0. The minimum Gasteiger partial charge on any atom is -0.491 e. The molecule has 0 saturated heterocycles. The van der Waals surface area contributed by atoms with Crippen LogP contribution < -0.4 is 4.74 Å². The van der Waals surface area contributed by atoms with Crippen LogP contribution in [-0.4, -0.2) is 61.6 Å². The summed E-state index contributed by atoms with van der Waals surface area (Å²) in [5.41, 5.74) is 2.16. The molecule has 1 aliphatic heterocycles. The molecule has 1 aliphatic rings. The van der Waals surface area contributed by atoms with Crippen molar-refractivity contribution in [2.24, 2.45) is 0 Å². The van der Waals surface area contributed by atoms with Crippen LogP contribution in [0.25, 0.3) is 0 Å². The monoisotopic (exact) mass is 496 g/mol. The predicted molar refractivity (Wildman–Crippen MR) is 133 cm³/mol. The van der Waals surface area contributed by atoms with E-state index in [0.717, 1.165) is 23.3 Å². The number of rotatable bonds is 9. The van der Waals surface area contributed by atoms with Crippen LogP contribution in [0.4, 0.5) is 4.39 Å². The maximum atomic E-state index is 14.3. The Hall–Kier alpha value is -3.23. The van der Waals surface area contributed by atoms with Crippen LogP contribution in [0.15, 0.2) is 60.0 Å². The highest BCUT2D eigenvalue weighted by molar-refractivity contribution is 7.10. The van der Waals surface area contributed by atoms with Gasteiger partial charge in [0.25, 0.3) is 5.91 Å². The fourth-order valence-electron chi connectivity index (χ4n) is 4.20. The molecule has 6 nitrogen and oxygen atoms in total. The molecule has 0 aliphatic carbocycles. The summed E-state index contributed by atoms with van der Waals surface area (Å²) < 4.78 is 25.5. The molecule has 8 heteroatoms. The van der Waals surface area contributed by atoms with Gasteiger partial charge in [0.2, 0.25) is 5.91 Å². The summed E-state index contributed by atoms with van der Waals surface area (Å²) in [4.78, 5) is 31.0. The Morgan fingerprint density at radius 1 is 1.14 bits per heavy atom. The Kier molecular flexibility index (Phi) is 8.15. The SMILES string of the molecule is COCCN(CC(=O)N1CCc2sccc2C1COc1ccc(C)cc1)C(=O)c1ccccc1F. The van der Waals surface area contributed by atoms with Crippen molar-refractivity contribution < 1.29 is 23.5 Å². The van der Waals surface area contributed by atoms with E-state index in [4.69, 9.17) is 9.47 Å². The van der Waals surface area contributed by atoms with Crippen LogP contribution in [-0.2, 0) is 16.0 Å². The van der Waals surface area contributed by atoms with E-state index in [0.29, 0.717) is 13.2 Å². The van der Waals surface area contributed by atoms with Crippen molar-refractivity contribution in [2.45, 2.75) is 19.4 Å². The number of halogens is 1. The summed E-state index contributed by atoms with van der Waals surface area (Å²) in [7, 11) is 1.52. The first kappa shape index (κ1) is 24.9. The zero-order valence-corrected chi connectivity index (χ0v) is 20.7. The molecular formula is C27H29FN2O4S. The van der Waals surface area contributed by atoms with E-state index in [1.54, 1.807) is 22.3 Å². The number of fused-ring (bicyclic) bond motifs is 1. The van der Waals surface area contributed by atoms with Crippen LogP contribution in [0, 0.1) is 12.7 Å². The Balaban J connectivity index is 1.53. The molecule has 0 saturated carbocycles. The van der Waals surface area contributed by atoms with Gasteiger partial charge in [-0.2, -0.15) is 0 Å². The van der Waals surface area contributed by atoms with Gasteiger partial charge in [0.1, 0.15) is 24.7 Å². The molecule has 0 radical (unpaired) electrons. The highest BCUT2D eigenvalue weighted by Gasteiger charge is 2.34. The van der Waals surface area contributed by atoms with E-state index in [9.17, 15) is 14.0 Å². The lowest BCUT2D eigenvalue weighted by atomic mass is 10.0. The maximum Gasteiger partial charge on any atom is 0.257 e. The molecule has 2 amide bonds. The van der Waals surface area contributed by atoms with Crippen molar-refractivity contribution in [2.75, 3.05) is 40.0 Å². The number of hydrogen-bond donors (Lipinski definition) is 0. The maximum absolute atomic E-state index is 14.3. The molecule has 2 heterocycles. The number of aryl methyl sites for hydroxylation is 1. The summed E-state index contributed by atoms with van der Waals surface area (Å²) in [5, 5.41) is 2.03.